The van der Waals surface area contributed by atoms with Crippen molar-refractivity contribution >= 4 is 5.91 Å². The predicted octanol–water partition coefficient (Wildman–Crippen LogP) is 2.94. The molecule has 0 aliphatic heterocycles. The second-order valence-electron chi connectivity index (χ2n) is 4.55. The van der Waals surface area contributed by atoms with Crippen molar-refractivity contribution in [3.05, 3.63) is 71.8 Å². The zero-order chi connectivity index (χ0) is 14.2. The van der Waals surface area contributed by atoms with Crippen LogP contribution in [0.15, 0.2) is 60.7 Å². The van der Waals surface area contributed by atoms with Gasteiger partial charge in [-0.25, -0.2) is 0 Å². The van der Waals surface area contributed by atoms with Gasteiger partial charge in [-0.05, 0) is 30.5 Å². The van der Waals surface area contributed by atoms with Crippen LogP contribution >= 0.6 is 0 Å². The summed E-state index contributed by atoms with van der Waals surface area (Å²) in [6.07, 6.45) is 1.38. The number of amides is 1. The molecule has 0 aromatic heterocycles. The molecule has 2 rings (SSSR count). The summed E-state index contributed by atoms with van der Waals surface area (Å²) in [5.74, 6) is -0.204. The molecule has 0 bridgehead atoms. The Morgan fingerprint density at radius 3 is 2.25 bits per heavy atom. The first-order valence-electron chi connectivity index (χ1n) is 6.59. The number of rotatable bonds is 5. The van der Waals surface area contributed by atoms with Crippen LogP contribution in [0.5, 0.6) is 0 Å². The average molecular weight is 264 g/mol. The maximum absolute atomic E-state index is 12.0. The third-order valence-corrected chi connectivity index (χ3v) is 3.06. The molecular formula is C17H16N2O. The molecule has 0 aliphatic carbocycles. The molecule has 0 heterocycles. The quantitative estimate of drug-likeness (QED) is 0.902. The van der Waals surface area contributed by atoms with Gasteiger partial charge in [0.1, 0.15) is 6.04 Å². The molecule has 3 nitrogen and oxygen atoms in total. The topological polar surface area (TPSA) is 52.9 Å². The fourth-order valence-electron chi connectivity index (χ4n) is 1.96. The van der Waals surface area contributed by atoms with Crippen molar-refractivity contribution in [2.24, 2.45) is 0 Å². The summed E-state index contributed by atoms with van der Waals surface area (Å²) in [5, 5.41) is 11.9. The van der Waals surface area contributed by atoms with Gasteiger partial charge in [0, 0.05) is 5.56 Å². The van der Waals surface area contributed by atoms with Crippen molar-refractivity contribution < 1.29 is 4.79 Å². The first kappa shape index (κ1) is 13.8. The number of aryl methyl sites for hydroxylation is 1. The van der Waals surface area contributed by atoms with Crippen LogP contribution in [0.3, 0.4) is 0 Å². The Morgan fingerprint density at radius 2 is 1.65 bits per heavy atom. The third-order valence-electron chi connectivity index (χ3n) is 3.06. The van der Waals surface area contributed by atoms with Crippen molar-refractivity contribution in [2.75, 3.05) is 0 Å². The largest absolute Gasteiger partial charge is 0.336 e. The van der Waals surface area contributed by atoms with Crippen LogP contribution in [-0.2, 0) is 6.42 Å². The molecule has 0 spiro atoms. The number of hydrogen-bond acceptors (Lipinski definition) is 2. The van der Waals surface area contributed by atoms with E-state index in [9.17, 15) is 4.79 Å². The molecule has 0 unspecified atom stereocenters. The average Bonchev–Trinajstić information content (AvgIpc) is 2.53. The monoisotopic (exact) mass is 264 g/mol. The SMILES string of the molecule is N#C[C@H](CCc1ccccc1)NC(=O)c1ccccc1. The Morgan fingerprint density at radius 1 is 1.05 bits per heavy atom. The highest BCUT2D eigenvalue weighted by Crippen LogP contribution is 2.06. The summed E-state index contributed by atoms with van der Waals surface area (Å²) in [6.45, 7) is 0. The smallest absolute Gasteiger partial charge is 0.252 e. The van der Waals surface area contributed by atoms with E-state index in [1.807, 2.05) is 36.4 Å². The normalized spacial score (nSPS) is 11.3. The van der Waals surface area contributed by atoms with Gasteiger partial charge in [-0.1, -0.05) is 48.5 Å². The Kier molecular flexibility index (Phi) is 4.91. The predicted molar refractivity (Wildman–Crippen MR) is 78.1 cm³/mol. The van der Waals surface area contributed by atoms with Gasteiger partial charge < -0.3 is 5.32 Å². The van der Waals surface area contributed by atoms with Crippen LogP contribution in [0.2, 0.25) is 0 Å². The fraction of sp³-hybridized carbons (Fsp3) is 0.176. The van der Waals surface area contributed by atoms with Crippen LogP contribution < -0.4 is 5.32 Å². The first-order chi connectivity index (χ1) is 9.79. The molecule has 3 heteroatoms. The Labute approximate surface area is 118 Å². The molecule has 0 aliphatic rings. The maximum Gasteiger partial charge on any atom is 0.252 e. The van der Waals surface area contributed by atoms with Crippen molar-refractivity contribution in [3.63, 3.8) is 0 Å². The Hall–Kier alpha value is -2.60. The molecule has 0 radical (unpaired) electrons. The fourth-order valence-corrected chi connectivity index (χ4v) is 1.96. The summed E-state index contributed by atoms with van der Waals surface area (Å²) in [5.41, 5.74) is 1.74. The molecule has 1 atom stereocenters. The molecule has 100 valence electrons. The summed E-state index contributed by atoms with van der Waals surface area (Å²) >= 11 is 0. The lowest BCUT2D eigenvalue weighted by Gasteiger charge is -2.11. The highest BCUT2D eigenvalue weighted by Gasteiger charge is 2.12. The van der Waals surface area contributed by atoms with E-state index < -0.39 is 6.04 Å². The summed E-state index contributed by atoms with van der Waals surface area (Å²) in [4.78, 5) is 12.0. The Bertz CT molecular complexity index is 587. The van der Waals surface area contributed by atoms with Crippen LogP contribution in [0.4, 0.5) is 0 Å². The molecule has 2 aromatic carbocycles. The standard InChI is InChI=1S/C17H16N2O/c18-13-16(12-11-14-7-3-1-4-8-14)19-17(20)15-9-5-2-6-10-15/h1-10,16H,11-12H2,(H,19,20)/t16-/m0/s1. The summed E-state index contributed by atoms with van der Waals surface area (Å²) in [7, 11) is 0. The number of hydrogen-bond donors (Lipinski definition) is 1. The third kappa shape index (κ3) is 3.96. The van der Waals surface area contributed by atoms with Gasteiger partial charge >= 0.3 is 0 Å². The molecule has 0 saturated carbocycles. The van der Waals surface area contributed by atoms with Crippen LogP contribution in [0.1, 0.15) is 22.3 Å². The zero-order valence-corrected chi connectivity index (χ0v) is 11.1. The first-order valence-corrected chi connectivity index (χ1v) is 6.59. The Balaban J connectivity index is 1.90. The van der Waals surface area contributed by atoms with Gasteiger partial charge in [-0.3, -0.25) is 4.79 Å². The van der Waals surface area contributed by atoms with Crippen molar-refractivity contribution in [1.82, 2.24) is 5.32 Å². The number of nitrogens with one attached hydrogen (secondary N) is 1. The lowest BCUT2D eigenvalue weighted by Crippen LogP contribution is -2.34. The maximum atomic E-state index is 12.0. The van der Waals surface area contributed by atoms with Crippen molar-refractivity contribution in [2.45, 2.75) is 18.9 Å². The van der Waals surface area contributed by atoms with Crippen LogP contribution in [-0.4, -0.2) is 11.9 Å². The molecule has 0 saturated heterocycles. The minimum absolute atomic E-state index is 0.204. The van der Waals surface area contributed by atoms with Gasteiger partial charge in [0.2, 0.25) is 0 Å². The lowest BCUT2D eigenvalue weighted by atomic mass is 10.1. The second-order valence-corrected chi connectivity index (χ2v) is 4.55. The van der Waals surface area contributed by atoms with E-state index in [1.54, 1.807) is 24.3 Å². The highest BCUT2D eigenvalue weighted by molar-refractivity contribution is 5.94. The van der Waals surface area contributed by atoms with E-state index in [2.05, 4.69) is 11.4 Å². The summed E-state index contributed by atoms with van der Waals surface area (Å²) in [6, 6.07) is 20.6. The number of carbonyl (C=O) groups is 1. The van der Waals surface area contributed by atoms with E-state index in [-0.39, 0.29) is 5.91 Å². The molecule has 1 amide bonds. The van der Waals surface area contributed by atoms with Crippen molar-refractivity contribution in [1.29, 1.82) is 5.26 Å². The minimum atomic E-state index is -0.470. The van der Waals surface area contributed by atoms with Gasteiger partial charge in [0.25, 0.3) is 5.91 Å². The van der Waals surface area contributed by atoms with Gasteiger partial charge in [-0.2, -0.15) is 5.26 Å². The van der Waals surface area contributed by atoms with Crippen molar-refractivity contribution in [3.8, 4) is 6.07 Å². The molecular weight excluding hydrogens is 248 g/mol. The number of carbonyl (C=O) groups excluding carboxylic acids is 1. The zero-order valence-electron chi connectivity index (χ0n) is 11.1. The lowest BCUT2D eigenvalue weighted by molar-refractivity contribution is 0.0944. The number of nitriles is 1. The molecule has 2 aromatic rings. The van der Waals surface area contributed by atoms with Crippen LogP contribution in [0.25, 0.3) is 0 Å². The van der Waals surface area contributed by atoms with Crippen LogP contribution in [0, 0.1) is 11.3 Å². The van der Waals surface area contributed by atoms with E-state index in [1.165, 1.54) is 5.56 Å². The molecule has 20 heavy (non-hydrogen) atoms. The molecule has 1 N–H and O–H groups in total. The number of benzene rings is 2. The minimum Gasteiger partial charge on any atom is -0.336 e. The summed E-state index contributed by atoms with van der Waals surface area (Å²) < 4.78 is 0. The van der Waals surface area contributed by atoms with E-state index >= 15 is 0 Å². The highest BCUT2D eigenvalue weighted by atomic mass is 16.1. The molecule has 0 fully saturated rings. The van der Waals surface area contributed by atoms with Gasteiger partial charge in [0.15, 0.2) is 0 Å². The van der Waals surface area contributed by atoms with E-state index in [0.717, 1.165) is 6.42 Å². The van der Waals surface area contributed by atoms with Gasteiger partial charge in [0.05, 0.1) is 6.07 Å². The van der Waals surface area contributed by atoms with E-state index in [0.29, 0.717) is 12.0 Å². The second kappa shape index (κ2) is 7.10. The number of nitrogens with zero attached hydrogens (tertiary/aromatic N) is 1. The van der Waals surface area contributed by atoms with Gasteiger partial charge in [-0.15, -0.1) is 0 Å². The van der Waals surface area contributed by atoms with E-state index in [4.69, 9.17) is 5.26 Å².